The molecule has 0 aliphatic heterocycles. The van der Waals surface area contributed by atoms with Crippen LogP contribution in [0.3, 0.4) is 0 Å². The molecule has 0 aliphatic carbocycles. The molecule has 20 heavy (non-hydrogen) atoms. The molecule has 0 saturated heterocycles. The third kappa shape index (κ3) is 4.11. The van der Waals surface area contributed by atoms with E-state index < -0.39 is 28.9 Å². The zero-order valence-corrected chi connectivity index (χ0v) is 13.0. The van der Waals surface area contributed by atoms with Gasteiger partial charge in [0, 0.05) is 6.04 Å². The SMILES string of the molecule is CC(C)N(CC(N)=O)C(=O)NC(C)(C)C(C)(C)C(=O)O. The van der Waals surface area contributed by atoms with Crippen molar-refractivity contribution >= 4 is 17.9 Å². The van der Waals surface area contributed by atoms with Gasteiger partial charge in [0.05, 0.1) is 11.0 Å². The summed E-state index contributed by atoms with van der Waals surface area (Å²) in [6, 6.07) is -0.746. The monoisotopic (exact) mass is 287 g/mol. The Bertz CT molecular complexity index is 402. The minimum atomic E-state index is -1.17. The number of carboxylic acid groups (broad SMARTS) is 1. The van der Waals surface area contributed by atoms with Gasteiger partial charge in [-0.3, -0.25) is 9.59 Å². The lowest BCUT2D eigenvalue weighted by atomic mass is 9.74. The van der Waals surface area contributed by atoms with Gasteiger partial charge >= 0.3 is 12.0 Å². The maximum Gasteiger partial charge on any atom is 0.318 e. The van der Waals surface area contributed by atoms with E-state index in [4.69, 9.17) is 5.73 Å². The number of urea groups is 1. The summed E-state index contributed by atoms with van der Waals surface area (Å²) in [6.45, 7) is 9.60. The summed E-state index contributed by atoms with van der Waals surface area (Å²) in [4.78, 5) is 35.8. The van der Waals surface area contributed by atoms with E-state index in [2.05, 4.69) is 5.32 Å². The van der Waals surface area contributed by atoms with Gasteiger partial charge in [0.15, 0.2) is 0 Å². The van der Waals surface area contributed by atoms with E-state index in [1.54, 1.807) is 27.7 Å². The lowest BCUT2D eigenvalue weighted by Gasteiger charge is -2.40. The maximum atomic E-state index is 12.2. The average molecular weight is 287 g/mol. The number of amides is 3. The minimum absolute atomic E-state index is 0.215. The quantitative estimate of drug-likeness (QED) is 0.670. The molecular weight excluding hydrogens is 262 g/mol. The highest BCUT2D eigenvalue weighted by molar-refractivity contribution is 5.84. The number of carbonyl (C=O) groups excluding carboxylic acids is 2. The Labute approximate surface area is 119 Å². The van der Waals surface area contributed by atoms with Crippen LogP contribution < -0.4 is 11.1 Å². The molecule has 0 atom stereocenters. The molecule has 0 fully saturated rings. The van der Waals surface area contributed by atoms with E-state index >= 15 is 0 Å². The average Bonchev–Trinajstić information content (AvgIpc) is 2.23. The first-order valence-corrected chi connectivity index (χ1v) is 6.43. The molecule has 0 rings (SSSR count). The second-order valence-electron chi connectivity index (χ2n) is 6.17. The number of hydrogen-bond donors (Lipinski definition) is 3. The Morgan fingerprint density at radius 3 is 1.95 bits per heavy atom. The highest BCUT2D eigenvalue weighted by Crippen LogP contribution is 2.30. The van der Waals surface area contributed by atoms with E-state index in [1.165, 1.54) is 18.7 Å². The lowest BCUT2D eigenvalue weighted by molar-refractivity contribution is -0.150. The van der Waals surface area contributed by atoms with Crippen LogP contribution in [0.15, 0.2) is 0 Å². The van der Waals surface area contributed by atoms with Crippen molar-refractivity contribution in [1.82, 2.24) is 10.2 Å². The Kier molecular flexibility index (Phi) is 5.56. The van der Waals surface area contributed by atoms with Gasteiger partial charge in [0.1, 0.15) is 6.54 Å². The molecule has 0 unspecified atom stereocenters. The van der Waals surface area contributed by atoms with E-state index in [1.807, 2.05) is 0 Å². The van der Waals surface area contributed by atoms with Crippen LogP contribution in [0.5, 0.6) is 0 Å². The summed E-state index contributed by atoms with van der Waals surface area (Å²) in [7, 11) is 0. The molecule has 0 heterocycles. The second kappa shape index (κ2) is 6.11. The van der Waals surface area contributed by atoms with Crippen LogP contribution in [0.4, 0.5) is 4.79 Å². The zero-order valence-electron chi connectivity index (χ0n) is 13.0. The minimum Gasteiger partial charge on any atom is -0.481 e. The number of carbonyl (C=O) groups is 3. The highest BCUT2D eigenvalue weighted by Gasteiger charge is 2.45. The van der Waals surface area contributed by atoms with Crippen LogP contribution in [-0.4, -0.2) is 46.0 Å². The van der Waals surface area contributed by atoms with E-state index in [9.17, 15) is 19.5 Å². The molecule has 0 spiro atoms. The fourth-order valence-electron chi connectivity index (χ4n) is 1.42. The van der Waals surface area contributed by atoms with Gasteiger partial charge in [-0.1, -0.05) is 0 Å². The summed E-state index contributed by atoms with van der Waals surface area (Å²) >= 11 is 0. The molecule has 4 N–H and O–H groups in total. The topological polar surface area (TPSA) is 113 Å². The molecular formula is C13H25N3O4. The van der Waals surface area contributed by atoms with E-state index in [0.717, 1.165) is 0 Å². The summed E-state index contributed by atoms with van der Waals surface area (Å²) < 4.78 is 0. The summed E-state index contributed by atoms with van der Waals surface area (Å²) in [6.07, 6.45) is 0. The molecule has 0 bridgehead atoms. The predicted molar refractivity (Wildman–Crippen MR) is 75.1 cm³/mol. The largest absolute Gasteiger partial charge is 0.481 e. The van der Waals surface area contributed by atoms with Crippen LogP contribution in [0, 0.1) is 5.41 Å². The molecule has 7 heteroatoms. The fourth-order valence-corrected chi connectivity index (χ4v) is 1.42. The molecule has 0 radical (unpaired) electrons. The van der Waals surface area contributed by atoms with Gasteiger partial charge in [0.2, 0.25) is 5.91 Å². The lowest BCUT2D eigenvalue weighted by Crippen LogP contribution is -2.61. The van der Waals surface area contributed by atoms with Crippen LogP contribution >= 0.6 is 0 Å². The molecule has 0 aromatic heterocycles. The van der Waals surface area contributed by atoms with Crippen molar-refractivity contribution in [3.8, 4) is 0 Å². The van der Waals surface area contributed by atoms with Crippen molar-refractivity contribution < 1.29 is 19.5 Å². The zero-order chi connectivity index (χ0) is 16.3. The smallest absolute Gasteiger partial charge is 0.318 e. The third-order valence-electron chi connectivity index (χ3n) is 3.73. The predicted octanol–water partition coefficient (Wildman–Crippen LogP) is 0.781. The van der Waals surface area contributed by atoms with Gasteiger partial charge in [0.25, 0.3) is 0 Å². The van der Waals surface area contributed by atoms with Gasteiger partial charge in [-0.2, -0.15) is 0 Å². The van der Waals surface area contributed by atoms with Gasteiger partial charge < -0.3 is 21.1 Å². The number of aliphatic carboxylic acids is 1. The number of hydrogen-bond acceptors (Lipinski definition) is 3. The Hall–Kier alpha value is -1.79. The van der Waals surface area contributed by atoms with Crippen molar-refractivity contribution in [3.63, 3.8) is 0 Å². The molecule has 116 valence electrons. The van der Waals surface area contributed by atoms with Crippen molar-refractivity contribution in [1.29, 1.82) is 0 Å². The normalized spacial score (nSPS) is 12.2. The number of carboxylic acids is 1. The number of primary amides is 1. The highest BCUT2D eigenvalue weighted by atomic mass is 16.4. The Morgan fingerprint density at radius 2 is 1.65 bits per heavy atom. The first-order chi connectivity index (χ1) is 8.83. The number of nitrogens with zero attached hydrogens (tertiary/aromatic N) is 1. The molecule has 3 amide bonds. The summed E-state index contributed by atoms with van der Waals surface area (Å²) in [5.74, 6) is -1.64. The van der Waals surface area contributed by atoms with Gasteiger partial charge in [-0.05, 0) is 41.5 Å². The van der Waals surface area contributed by atoms with Crippen LogP contribution in [0.2, 0.25) is 0 Å². The maximum absolute atomic E-state index is 12.2. The fraction of sp³-hybridized carbons (Fsp3) is 0.769. The number of rotatable bonds is 6. The van der Waals surface area contributed by atoms with Crippen molar-refractivity contribution in [2.24, 2.45) is 11.1 Å². The Balaban J connectivity index is 5.13. The molecule has 7 nitrogen and oxygen atoms in total. The Morgan fingerprint density at radius 1 is 1.20 bits per heavy atom. The number of nitrogens with one attached hydrogen (secondary N) is 1. The molecule has 0 saturated carbocycles. The van der Waals surface area contributed by atoms with Gasteiger partial charge in [-0.25, -0.2) is 4.79 Å². The van der Waals surface area contributed by atoms with E-state index in [-0.39, 0.29) is 12.6 Å². The molecule has 0 aromatic carbocycles. The molecule has 0 aromatic rings. The van der Waals surface area contributed by atoms with E-state index in [0.29, 0.717) is 0 Å². The van der Waals surface area contributed by atoms with Crippen molar-refractivity contribution in [2.75, 3.05) is 6.54 Å². The first kappa shape index (κ1) is 18.2. The summed E-state index contributed by atoms with van der Waals surface area (Å²) in [5, 5.41) is 11.9. The van der Waals surface area contributed by atoms with Crippen molar-refractivity contribution in [2.45, 2.75) is 53.1 Å². The number of nitrogens with two attached hydrogens (primary N) is 1. The van der Waals surface area contributed by atoms with Crippen LogP contribution in [-0.2, 0) is 9.59 Å². The molecule has 0 aliphatic rings. The summed E-state index contributed by atoms with van der Waals surface area (Å²) in [5.41, 5.74) is 2.94. The van der Waals surface area contributed by atoms with Crippen LogP contribution in [0.1, 0.15) is 41.5 Å². The van der Waals surface area contributed by atoms with Gasteiger partial charge in [-0.15, -0.1) is 0 Å². The third-order valence-corrected chi connectivity index (χ3v) is 3.73. The van der Waals surface area contributed by atoms with Crippen molar-refractivity contribution in [3.05, 3.63) is 0 Å². The second-order valence-corrected chi connectivity index (χ2v) is 6.17. The first-order valence-electron chi connectivity index (χ1n) is 6.43. The van der Waals surface area contributed by atoms with Crippen LogP contribution in [0.25, 0.3) is 0 Å². The standard InChI is InChI=1S/C13H25N3O4/c1-8(2)16(7-9(14)17)11(20)15-13(5,6)12(3,4)10(18)19/h8H,7H2,1-6H3,(H2,14,17)(H,15,20)(H,18,19).